The number of aliphatic carboxylic acids is 1. The van der Waals surface area contributed by atoms with Crippen molar-refractivity contribution in [2.45, 2.75) is 50.2 Å². The first kappa shape index (κ1) is 25.7. The summed E-state index contributed by atoms with van der Waals surface area (Å²) in [4.78, 5) is 40.1. The second-order valence-electron chi connectivity index (χ2n) is 8.30. The number of ether oxygens (including phenoxy) is 1. The molecule has 5 atom stereocenters. The van der Waals surface area contributed by atoms with Gasteiger partial charge in [0, 0.05) is 16.6 Å². The number of carboxylic acid groups (broad SMARTS) is 1. The van der Waals surface area contributed by atoms with Crippen LogP contribution in [-0.2, 0) is 42.1 Å². The van der Waals surface area contributed by atoms with Crippen molar-refractivity contribution in [2.75, 3.05) is 12.4 Å². The minimum Gasteiger partial charge on any atom is -0.480 e. The Morgan fingerprint density at radius 3 is 2.41 bits per heavy atom. The summed E-state index contributed by atoms with van der Waals surface area (Å²) >= 11 is 0. The lowest BCUT2D eigenvalue weighted by molar-refractivity contribution is -0.157. The van der Waals surface area contributed by atoms with E-state index < -0.39 is 52.7 Å². The number of benzene rings is 2. The standard InChI is InChI=1S/C25H30N2O6S/c1-3-33-25(31)21(15-34(32)14-17-9-5-4-6-10-17)27-20(24(29)30)13-18-11-7-8-12-19(18)22(27)23(28)16(2)26/h4-12,16,20-22H,3,13-15,26H2,1-2H3,(H,29,30)/t16-,20?,21?,22?,34?/m0/s1. The van der Waals surface area contributed by atoms with Gasteiger partial charge in [-0.1, -0.05) is 54.6 Å². The molecule has 34 heavy (non-hydrogen) atoms. The van der Waals surface area contributed by atoms with Gasteiger partial charge in [0.25, 0.3) is 0 Å². The number of carbonyl (C=O) groups is 3. The van der Waals surface area contributed by atoms with Crippen LogP contribution in [0.15, 0.2) is 54.6 Å². The third kappa shape index (κ3) is 5.78. The number of hydrogen-bond donors (Lipinski definition) is 2. The second kappa shape index (κ2) is 11.5. The summed E-state index contributed by atoms with van der Waals surface area (Å²) in [6, 6.07) is 11.9. The predicted octanol–water partition coefficient (Wildman–Crippen LogP) is 1.84. The summed E-state index contributed by atoms with van der Waals surface area (Å²) in [5.74, 6) is -2.30. The number of ketones is 1. The molecular weight excluding hydrogens is 456 g/mol. The van der Waals surface area contributed by atoms with E-state index in [0.717, 1.165) is 5.56 Å². The van der Waals surface area contributed by atoms with Crippen LogP contribution in [0.5, 0.6) is 0 Å². The monoisotopic (exact) mass is 486 g/mol. The lowest BCUT2D eigenvalue weighted by Gasteiger charge is -2.44. The maximum Gasteiger partial charge on any atom is 0.324 e. The Bertz CT molecular complexity index is 1060. The summed E-state index contributed by atoms with van der Waals surface area (Å²) in [6.45, 7) is 3.23. The number of Topliss-reactive ketones (excluding diaryl/α,β-unsaturated/α-hetero) is 1. The molecule has 1 aliphatic rings. The number of nitrogens with zero attached hydrogens (tertiary/aromatic N) is 1. The van der Waals surface area contributed by atoms with Crippen molar-refractivity contribution in [3.63, 3.8) is 0 Å². The number of fused-ring (bicyclic) bond motifs is 1. The Morgan fingerprint density at radius 2 is 1.79 bits per heavy atom. The molecule has 0 fully saturated rings. The van der Waals surface area contributed by atoms with Crippen LogP contribution in [0, 0.1) is 0 Å². The molecule has 2 aromatic carbocycles. The number of carboxylic acids is 1. The number of rotatable bonds is 10. The van der Waals surface area contributed by atoms with E-state index in [2.05, 4.69) is 0 Å². The van der Waals surface area contributed by atoms with Crippen molar-refractivity contribution >= 4 is 28.5 Å². The van der Waals surface area contributed by atoms with Gasteiger partial charge in [-0.2, -0.15) is 0 Å². The van der Waals surface area contributed by atoms with E-state index in [-0.39, 0.29) is 24.5 Å². The van der Waals surface area contributed by atoms with Gasteiger partial charge in [-0.05, 0) is 37.0 Å². The normalized spacial score (nSPS) is 20.6. The van der Waals surface area contributed by atoms with Crippen molar-refractivity contribution in [2.24, 2.45) is 5.73 Å². The lowest BCUT2D eigenvalue weighted by atomic mass is 9.83. The van der Waals surface area contributed by atoms with E-state index in [4.69, 9.17) is 10.5 Å². The van der Waals surface area contributed by atoms with Gasteiger partial charge in [0.1, 0.15) is 12.1 Å². The van der Waals surface area contributed by atoms with Gasteiger partial charge in [-0.25, -0.2) is 0 Å². The third-order valence-electron chi connectivity index (χ3n) is 5.86. The fourth-order valence-electron chi connectivity index (χ4n) is 4.31. The summed E-state index contributed by atoms with van der Waals surface area (Å²) in [6.07, 6.45) is 0.0927. The first-order valence-electron chi connectivity index (χ1n) is 11.2. The van der Waals surface area contributed by atoms with Crippen LogP contribution in [0.3, 0.4) is 0 Å². The van der Waals surface area contributed by atoms with Crippen LogP contribution >= 0.6 is 0 Å². The minimum absolute atomic E-state index is 0.0642. The van der Waals surface area contributed by atoms with Crippen molar-refractivity contribution in [1.82, 2.24) is 4.90 Å². The molecule has 0 saturated carbocycles. The van der Waals surface area contributed by atoms with Gasteiger partial charge < -0.3 is 15.6 Å². The SMILES string of the molecule is CCOC(=O)C(CS(=O)Cc1ccccc1)N1C(C(=O)O)Cc2ccccc2C1C(=O)[C@H](C)N. The van der Waals surface area contributed by atoms with Crippen LogP contribution in [0.25, 0.3) is 0 Å². The molecule has 1 aliphatic heterocycles. The van der Waals surface area contributed by atoms with Gasteiger partial charge in [0.2, 0.25) is 0 Å². The molecule has 0 saturated heterocycles. The molecule has 0 spiro atoms. The zero-order valence-corrected chi connectivity index (χ0v) is 20.1. The molecule has 0 bridgehead atoms. The second-order valence-corrected chi connectivity index (χ2v) is 9.80. The fourth-order valence-corrected chi connectivity index (χ4v) is 5.65. The van der Waals surface area contributed by atoms with E-state index in [1.165, 1.54) is 11.8 Å². The number of nitrogens with two attached hydrogens (primary N) is 1. The quantitative estimate of drug-likeness (QED) is 0.487. The van der Waals surface area contributed by atoms with E-state index in [1.807, 2.05) is 30.3 Å². The van der Waals surface area contributed by atoms with Gasteiger partial charge in [0.15, 0.2) is 5.78 Å². The number of hydrogen-bond acceptors (Lipinski definition) is 7. The summed E-state index contributed by atoms with van der Waals surface area (Å²) < 4.78 is 18.4. The average Bonchev–Trinajstić information content (AvgIpc) is 2.81. The summed E-state index contributed by atoms with van der Waals surface area (Å²) in [7, 11) is -1.53. The van der Waals surface area contributed by atoms with Gasteiger partial charge >= 0.3 is 11.9 Å². The van der Waals surface area contributed by atoms with Gasteiger partial charge in [-0.15, -0.1) is 0 Å². The molecule has 3 N–H and O–H groups in total. The van der Waals surface area contributed by atoms with Crippen molar-refractivity contribution in [3.05, 3.63) is 71.3 Å². The highest BCUT2D eigenvalue weighted by Crippen LogP contribution is 2.37. The molecule has 0 aliphatic carbocycles. The summed E-state index contributed by atoms with van der Waals surface area (Å²) in [5, 5.41) is 10.1. The molecule has 1 heterocycles. The molecule has 0 aromatic heterocycles. The Hall–Kier alpha value is -2.88. The molecule has 2 aromatic rings. The average molecular weight is 487 g/mol. The van der Waals surface area contributed by atoms with Crippen molar-refractivity contribution in [3.8, 4) is 0 Å². The molecule has 0 radical (unpaired) electrons. The van der Waals surface area contributed by atoms with E-state index in [9.17, 15) is 23.7 Å². The smallest absolute Gasteiger partial charge is 0.324 e. The first-order chi connectivity index (χ1) is 16.2. The van der Waals surface area contributed by atoms with E-state index in [0.29, 0.717) is 11.1 Å². The van der Waals surface area contributed by atoms with Crippen LogP contribution < -0.4 is 5.73 Å². The first-order valence-corrected chi connectivity index (χ1v) is 12.7. The van der Waals surface area contributed by atoms with Crippen molar-refractivity contribution in [1.29, 1.82) is 0 Å². The molecule has 3 rings (SSSR count). The molecule has 8 nitrogen and oxygen atoms in total. The minimum atomic E-state index is -1.53. The lowest BCUT2D eigenvalue weighted by Crippen LogP contribution is -2.60. The molecule has 0 amide bonds. The maximum atomic E-state index is 13.3. The molecule has 182 valence electrons. The zero-order valence-electron chi connectivity index (χ0n) is 19.3. The highest BCUT2D eigenvalue weighted by atomic mass is 32.2. The maximum absolute atomic E-state index is 13.3. The highest BCUT2D eigenvalue weighted by Gasteiger charge is 2.48. The van der Waals surface area contributed by atoms with Crippen LogP contribution in [0.2, 0.25) is 0 Å². The molecular formula is C25H30N2O6S. The summed E-state index contributed by atoms with van der Waals surface area (Å²) in [5.41, 5.74) is 8.08. The number of esters is 1. The van der Waals surface area contributed by atoms with Crippen LogP contribution in [0.4, 0.5) is 0 Å². The zero-order chi connectivity index (χ0) is 24.8. The third-order valence-corrected chi connectivity index (χ3v) is 7.20. The topological polar surface area (TPSA) is 127 Å². The largest absolute Gasteiger partial charge is 0.480 e. The van der Waals surface area contributed by atoms with Crippen molar-refractivity contribution < 1.29 is 28.4 Å². The predicted molar refractivity (Wildman–Crippen MR) is 128 cm³/mol. The highest BCUT2D eigenvalue weighted by molar-refractivity contribution is 7.84. The Morgan fingerprint density at radius 1 is 1.15 bits per heavy atom. The van der Waals surface area contributed by atoms with Crippen LogP contribution in [0.1, 0.15) is 36.6 Å². The molecule has 4 unspecified atom stereocenters. The van der Waals surface area contributed by atoms with Gasteiger partial charge in [-0.3, -0.25) is 23.5 Å². The Labute approximate surface area is 201 Å². The van der Waals surface area contributed by atoms with Gasteiger partial charge in [0.05, 0.1) is 24.4 Å². The molecule has 9 heteroatoms. The van der Waals surface area contributed by atoms with E-state index in [1.54, 1.807) is 31.2 Å². The number of carbonyl (C=O) groups excluding carboxylic acids is 2. The van der Waals surface area contributed by atoms with E-state index >= 15 is 0 Å². The Kier molecular flexibility index (Phi) is 8.71. The fraction of sp³-hybridized carbons (Fsp3) is 0.400. The Balaban J connectivity index is 2.07. The van der Waals surface area contributed by atoms with Crippen LogP contribution in [-0.4, -0.2) is 62.4 Å².